The van der Waals surface area contributed by atoms with Crippen molar-refractivity contribution in [3.8, 4) is 0 Å². The molecular formula is C8H12ClN3O. The molecule has 0 aromatic carbocycles. The zero-order valence-electron chi connectivity index (χ0n) is 7.84. The van der Waals surface area contributed by atoms with Crippen molar-refractivity contribution >= 4 is 17.5 Å². The predicted molar refractivity (Wildman–Crippen MR) is 50.8 cm³/mol. The van der Waals surface area contributed by atoms with Crippen molar-refractivity contribution in [1.29, 1.82) is 0 Å². The molecule has 1 unspecified atom stereocenters. The molecule has 0 saturated carbocycles. The highest BCUT2D eigenvalue weighted by Crippen LogP contribution is 2.15. The summed E-state index contributed by atoms with van der Waals surface area (Å²) in [5.74, 6) is -0.0841. The van der Waals surface area contributed by atoms with Gasteiger partial charge in [0.05, 0.1) is 10.7 Å². The van der Waals surface area contributed by atoms with Crippen LogP contribution in [-0.4, -0.2) is 22.7 Å². The number of rotatable bonds is 2. The third kappa shape index (κ3) is 2.01. The van der Waals surface area contributed by atoms with Crippen molar-refractivity contribution in [2.45, 2.75) is 19.9 Å². The highest BCUT2D eigenvalue weighted by Gasteiger charge is 2.14. The van der Waals surface area contributed by atoms with E-state index in [1.54, 1.807) is 31.8 Å². The minimum atomic E-state index is -0.323. The van der Waals surface area contributed by atoms with Crippen molar-refractivity contribution < 1.29 is 4.79 Å². The number of aromatic nitrogens is 2. The fourth-order valence-electron chi connectivity index (χ4n) is 0.987. The molecule has 1 rings (SSSR count). The number of nitrogens with one attached hydrogen (secondary N) is 1. The number of amides is 1. The van der Waals surface area contributed by atoms with Gasteiger partial charge < -0.3 is 5.32 Å². The Morgan fingerprint density at radius 2 is 2.38 bits per heavy atom. The van der Waals surface area contributed by atoms with Gasteiger partial charge >= 0.3 is 0 Å². The van der Waals surface area contributed by atoms with Gasteiger partial charge in [0.1, 0.15) is 6.04 Å². The second-order valence-corrected chi connectivity index (χ2v) is 3.24. The first-order chi connectivity index (χ1) is 6.06. The first-order valence-corrected chi connectivity index (χ1v) is 4.37. The summed E-state index contributed by atoms with van der Waals surface area (Å²) in [6.07, 6.45) is 1.65. The average Bonchev–Trinajstić information content (AvgIpc) is 2.44. The van der Waals surface area contributed by atoms with Crippen molar-refractivity contribution in [3.05, 3.63) is 16.9 Å². The molecule has 0 aliphatic carbocycles. The van der Waals surface area contributed by atoms with Crippen LogP contribution in [0.4, 0.5) is 0 Å². The SMILES string of the molecule is CNC(=O)C(C)n1cc(Cl)c(C)n1. The zero-order valence-corrected chi connectivity index (χ0v) is 8.59. The normalized spacial score (nSPS) is 12.6. The molecule has 1 aromatic rings. The van der Waals surface area contributed by atoms with E-state index in [2.05, 4.69) is 10.4 Å². The van der Waals surface area contributed by atoms with E-state index in [1.807, 2.05) is 0 Å². The maximum absolute atomic E-state index is 11.2. The van der Waals surface area contributed by atoms with E-state index in [0.717, 1.165) is 5.69 Å². The summed E-state index contributed by atoms with van der Waals surface area (Å²) in [7, 11) is 1.59. The monoisotopic (exact) mass is 201 g/mol. The van der Waals surface area contributed by atoms with Gasteiger partial charge in [0.25, 0.3) is 0 Å². The number of carbonyl (C=O) groups excluding carboxylic acids is 1. The Bertz CT molecular complexity index is 302. The van der Waals surface area contributed by atoms with Crippen LogP contribution in [0.3, 0.4) is 0 Å². The fourth-order valence-corrected chi connectivity index (χ4v) is 1.12. The maximum atomic E-state index is 11.2. The summed E-state index contributed by atoms with van der Waals surface area (Å²) < 4.78 is 1.55. The van der Waals surface area contributed by atoms with Gasteiger partial charge in [0, 0.05) is 13.2 Å². The summed E-state index contributed by atoms with van der Waals surface area (Å²) in [6, 6.07) is -0.323. The first kappa shape index (κ1) is 10.1. The van der Waals surface area contributed by atoms with E-state index in [1.165, 1.54) is 0 Å². The van der Waals surface area contributed by atoms with Gasteiger partial charge in [0.2, 0.25) is 5.91 Å². The number of hydrogen-bond acceptors (Lipinski definition) is 2. The van der Waals surface area contributed by atoms with Crippen LogP contribution in [-0.2, 0) is 4.79 Å². The third-order valence-corrected chi connectivity index (χ3v) is 2.25. The summed E-state index contributed by atoms with van der Waals surface area (Å²) in [5.41, 5.74) is 0.734. The molecule has 0 saturated heterocycles. The molecule has 1 atom stereocenters. The Labute approximate surface area is 81.9 Å². The highest BCUT2D eigenvalue weighted by molar-refractivity contribution is 6.31. The standard InChI is InChI=1S/C8H12ClN3O/c1-5-7(9)4-12(11-5)6(2)8(13)10-3/h4,6H,1-3H3,(H,10,13). The Kier molecular flexibility index (Phi) is 2.93. The predicted octanol–water partition coefficient (Wildman–Crippen LogP) is 1.15. The fraction of sp³-hybridized carbons (Fsp3) is 0.500. The minimum Gasteiger partial charge on any atom is -0.357 e. The van der Waals surface area contributed by atoms with Gasteiger partial charge in [-0.2, -0.15) is 5.10 Å². The summed E-state index contributed by atoms with van der Waals surface area (Å²) >= 11 is 5.81. The molecule has 1 aromatic heterocycles. The van der Waals surface area contributed by atoms with Crippen molar-refractivity contribution in [1.82, 2.24) is 15.1 Å². The molecule has 0 radical (unpaired) electrons. The Hall–Kier alpha value is -1.03. The summed E-state index contributed by atoms with van der Waals surface area (Å²) in [4.78, 5) is 11.2. The zero-order chi connectivity index (χ0) is 10.0. The molecule has 1 amide bonds. The molecule has 13 heavy (non-hydrogen) atoms. The average molecular weight is 202 g/mol. The molecule has 1 N–H and O–H groups in total. The van der Waals surface area contributed by atoms with E-state index in [-0.39, 0.29) is 11.9 Å². The lowest BCUT2D eigenvalue weighted by Gasteiger charge is -2.09. The van der Waals surface area contributed by atoms with Gasteiger partial charge in [-0.05, 0) is 13.8 Å². The second-order valence-electron chi connectivity index (χ2n) is 2.83. The van der Waals surface area contributed by atoms with Gasteiger partial charge in [0.15, 0.2) is 0 Å². The van der Waals surface area contributed by atoms with Crippen LogP contribution in [0.25, 0.3) is 0 Å². The summed E-state index contributed by atoms with van der Waals surface area (Å²) in [6.45, 7) is 3.57. The van der Waals surface area contributed by atoms with Crippen molar-refractivity contribution in [3.63, 3.8) is 0 Å². The number of halogens is 1. The number of hydrogen-bond donors (Lipinski definition) is 1. The molecule has 0 aliphatic heterocycles. The lowest BCUT2D eigenvalue weighted by atomic mass is 10.3. The van der Waals surface area contributed by atoms with Crippen LogP contribution in [0.2, 0.25) is 5.02 Å². The molecule has 4 nitrogen and oxygen atoms in total. The van der Waals surface area contributed by atoms with Gasteiger partial charge in [-0.25, -0.2) is 0 Å². The van der Waals surface area contributed by atoms with Gasteiger partial charge in [-0.15, -0.1) is 0 Å². The van der Waals surface area contributed by atoms with Crippen LogP contribution < -0.4 is 5.32 Å². The molecule has 0 aliphatic rings. The van der Waals surface area contributed by atoms with Crippen LogP contribution in [0.1, 0.15) is 18.7 Å². The lowest BCUT2D eigenvalue weighted by Crippen LogP contribution is -2.28. The van der Waals surface area contributed by atoms with E-state index in [9.17, 15) is 4.79 Å². The van der Waals surface area contributed by atoms with Crippen LogP contribution >= 0.6 is 11.6 Å². The molecule has 0 bridgehead atoms. The molecule has 1 heterocycles. The highest BCUT2D eigenvalue weighted by atomic mass is 35.5. The largest absolute Gasteiger partial charge is 0.357 e. The summed E-state index contributed by atoms with van der Waals surface area (Å²) in [5, 5.41) is 7.23. The van der Waals surface area contributed by atoms with E-state index >= 15 is 0 Å². The van der Waals surface area contributed by atoms with Gasteiger partial charge in [-0.1, -0.05) is 11.6 Å². The van der Waals surface area contributed by atoms with Crippen LogP contribution in [0.15, 0.2) is 6.20 Å². The molecule has 5 heteroatoms. The van der Waals surface area contributed by atoms with Gasteiger partial charge in [-0.3, -0.25) is 9.48 Å². The topological polar surface area (TPSA) is 46.9 Å². The number of nitrogens with zero attached hydrogens (tertiary/aromatic N) is 2. The molecule has 0 fully saturated rings. The second kappa shape index (κ2) is 3.79. The molecule has 72 valence electrons. The van der Waals surface area contributed by atoms with Crippen molar-refractivity contribution in [2.75, 3.05) is 7.05 Å². The quantitative estimate of drug-likeness (QED) is 0.781. The number of likely N-dealkylation sites (N-methyl/N-ethyl adjacent to an activating group) is 1. The van der Waals surface area contributed by atoms with Crippen molar-refractivity contribution in [2.24, 2.45) is 0 Å². The number of aryl methyl sites for hydroxylation is 1. The molecular weight excluding hydrogens is 190 g/mol. The van der Waals surface area contributed by atoms with Crippen LogP contribution in [0.5, 0.6) is 0 Å². The van der Waals surface area contributed by atoms with E-state index in [0.29, 0.717) is 5.02 Å². The first-order valence-electron chi connectivity index (χ1n) is 3.99. The van der Waals surface area contributed by atoms with E-state index in [4.69, 9.17) is 11.6 Å². The third-order valence-electron chi connectivity index (χ3n) is 1.88. The smallest absolute Gasteiger partial charge is 0.244 e. The lowest BCUT2D eigenvalue weighted by molar-refractivity contribution is -0.123. The Balaban J connectivity index is 2.89. The minimum absolute atomic E-state index is 0.0841. The Morgan fingerprint density at radius 3 is 2.77 bits per heavy atom. The Morgan fingerprint density at radius 1 is 1.77 bits per heavy atom. The number of carbonyl (C=O) groups is 1. The maximum Gasteiger partial charge on any atom is 0.244 e. The van der Waals surface area contributed by atoms with E-state index < -0.39 is 0 Å². The van der Waals surface area contributed by atoms with Crippen LogP contribution in [0, 0.1) is 6.92 Å². The molecule has 0 spiro atoms.